The third-order valence-corrected chi connectivity index (χ3v) is 3.92. The van der Waals surface area contributed by atoms with Crippen molar-refractivity contribution in [2.24, 2.45) is 5.92 Å². The summed E-state index contributed by atoms with van der Waals surface area (Å²) in [5, 5.41) is 6.10. The van der Waals surface area contributed by atoms with Gasteiger partial charge in [0.1, 0.15) is 17.9 Å². The molecule has 6 heteroatoms. The highest BCUT2D eigenvalue weighted by Crippen LogP contribution is 2.19. The van der Waals surface area contributed by atoms with Gasteiger partial charge < -0.3 is 15.4 Å². The fourth-order valence-electron chi connectivity index (χ4n) is 2.48. The number of aryl methyl sites for hydroxylation is 1. The van der Waals surface area contributed by atoms with E-state index in [1.165, 1.54) is 6.33 Å². The van der Waals surface area contributed by atoms with Crippen LogP contribution in [0.5, 0.6) is 5.75 Å². The van der Waals surface area contributed by atoms with Crippen LogP contribution in [0.4, 0.5) is 17.2 Å². The van der Waals surface area contributed by atoms with Gasteiger partial charge >= 0.3 is 0 Å². The standard InChI is InChI=1S/C22H24N4O2/c1-15(2)13-28-20-10-4-17(5-11-20)22(27)26-19-8-6-18(7-9-19)25-21-12-16(3)23-14-24-21/h4-12,14-15H,13H2,1-3H3,(H,26,27)(H,23,24,25). The predicted octanol–water partition coefficient (Wildman–Crippen LogP) is 4.82. The molecule has 0 aliphatic rings. The molecule has 3 rings (SSSR count). The number of nitrogens with one attached hydrogen (secondary N) is 2. The summed E-state index contributed by atoms with van der Waals surface area (Å²) in [4.78, 5) is 20.7. The first-order valence-electron chi connectivity index (χ1n) is 9.19. The maximum atomic E-state index is 12.4. The van der Waals surface area contributed by atoms with Gasteiger partial charge in [-0.25, -0.2) is 9.97 Å². The molecule has 0 fully saturated rings. The van der Waals surface area contributed by atoms with Gasteiger partial charge in [-0.05, 0) is 61.4 Å². The maximum Gasteiger partial charge on any atom is 0.255 e. The predicted molar refractivity (Wildman–Crippen MR) is 111 cm³/mol. The largest absolute Gasteiger partial charge is 0.493 e. The second-order valence-corrected chi connectivity index (χ2v) is 6.93. The highest BCUT2D eigenvalue weighted by molar-refractivity contribution is 6.04. The number of nitrogens with zero attached hydrogens (tertiary/aromatic N) is 2. The average molecular weight is 376 g/mol. The zero-order valence-corrected chi connectivity index (χ0v) is 16.3. The van der Waals surface area contributed by atoms with Crippen molar-refractivity contribution < 1.29 is 9.53 Å². The topological polar surface area (TPSA) is 76.1 Å². The monoisotopic (exact) mass is 376 g/mol. The van der Waals surface area contributed by atoms with E-state index in [9.17, 15) is 4.79 Å². The Morgan fingerprint density at radius 2 is 1.68 bits per heavy atom. The summed E-state index contributed by atoms with van der Waals surface area (Å²) in [6, 6.07) is 16.5. The molecule has 0 spiro atoms. The van der Waals surface area contributed by atoms with Crippen LogP contribution >= 0.6 is 0 Å². The van der Waals surface area contributed by atoms with Gasteiger partial charge in [-0.2, -0.15) is 0 Å². The molecule has 0 saturated carbocycles. The molecular weight excluding hydrogens is 352 g/mol. The Labute approximate surface area is 165 Å². The molecule has 0 bridgehead atoms. The number of hydrogen-bond donors (Lipinski definition) is 2. The lowest BCUT2D eigenvalue weighted by Crippen LogP contribution is -2.12. The summed E-state index contributed by atoms with van der Waals surface area (Å²) in [6.45, 7) is 6.75. The molecule has 144 valence electrons. The van der Waals surface area contributed by atoms with Gasteiger partial charge in [-0.15, -0.1) is 0 Å². The molecule has 0 unspecified atom stereocenters. The molecule has 2 aromatic carbocycles. The van der Waals surface area contributed by atoms with Crippen molar-refractivity contribution in [1.82, 2.24) is 9.97 Å². The number of carbonyl (C=O) groups is 1. The first-order valence-corrected chi connectivity index (χ1v) is 9.19. The zero-order valence-electron chi connectivity index (χ0n) is 16.3. The van der Waals surface area contributed by atoms with Crippen LogP contribution in [0.1, 0.15) is 29.9 Å². The minimum atomic E-state index is -0.164. The van der Waals surface area contributed by atoms with Gasteiger partial charge in [0.15, 0.2) is 0 Å². The van der Waals surface area contributed by atoms with Crippen molar-refractivity contribution in [1.29, 1.82) is 0 Å². The number of aromatic nitrogens is 2. The summed E-state index contributed by atoms with van der Waals surface area (Å²) < 4.78 is 5.64. The number of ether oxygens (including phenoxy) is 1. The van der Waals surface area contributed by atoms with Crippen LogP contribution in [0, 0.1) is 12.8 Å². The molecule has 6 nitrogen and oxygen atoms in total. The SMILES string of the molecule is Cc1cc(Nc2ccc(NC(=O)c3ccc(OCC(C)C)cc3)cc2)ncn1. The van der Waals surface area contributed by atoms with Gasteiger partial charge in [0.2, 0.25) is 0 Å². The van der Waals surface area contributed by atoms with Gasteiger partial charge in [0.05, 0.1) is 6.61 Å². The smallest absolute Gasteiger partial charge is 0.255 e. The minimum Gasteiger partial charge on any atom is -0.493 e. The molecule has 0 aliphatic heterocycles. The van der Waals surface area contributed by atoms with Crippen LogP contribution in [0.25, 0.3) is 0 Å². The molecule has 0 radical (unpaired) electrons. The summed E-state index contributed by atoms with van der Waals surface area (Å²) in [7, 11) is 0. The van der Waals surface area contributed by atoms with Gasteiger partial charge in [-0.1, -0.05) is 13.8 Å². The zero-order chi connectivity index (χ0) is 19.9. The van der Waals surface area contributed by atoms with E-state index in [1.54, 1.807) is 12.1 Å². The summed E-state index contributed by atoms with van der Waals surface area (Å²) >= 11 is 0. The summed E-state index contributed by atoms with van der Waals surface area (Å²) in [6.07, 6.45) is 1.52. The molecular formula is C22H24N4O2. The first-order chi connectivity index (χ1) is 13.5. The third-order valence-electron chi connectivity index (χ3n) is 3.92. The van der Waals surface area contributed by atoms with Crippen molar-refractivity contribution in [3.63, 3.8) is 0 Å². The Morgan fingerprint density at radius 3 is 2.32 bits per heavy atom. The van der Waals surface area contributed by atoms with Crippen molar-refractivity contribution in [2.45, 2.75) is 20.8 Å². The van der Waals surface area contributed by atoms with E-state index >= 15 is 0 Å². The molecule has 0 atom stereocenters. The number of amides is 1. The van der Waals surface area contributed by atoms with E-state index in [0.717, 1.165) is 28.6 Å². The molecule has 1 heterocycles. The van der Waals surface area contributed by atoms with Crippen LogP contribution in [0.15, 0.2) is 60.9 Å². The van der Waals surface area contributed by atoms with E-state index in [0.29, 0.717) is 18.1 Å². The molecule has 28 heavy (non-hydrogen) atoms. The molecule has 1 aromatic heterocycles. The molecule has 2 N–H and O–H groups in total. The molecule has 1 amide bonds. The Balaban J connectivity index is 1.58. The molecule has 3 aromatic rings. The van der Waals surface area contributed by atoms with Gasteiger partial charge in [-0.3, -0.25) is 4.79 Å². The Hall–Kier alpha value is -3.41. The lowest BCUT2D eigenvalue weighted by atomic mass is 10.2. The summed E-state index contributed by atoms with van der Waals surface area (Å²) in [5.41, 5.74) is 3.06. The fourth-order valence-corrected chi connectivity index (χ4v) is 2.48. The van der Waals surface area contributed by atoms with Gasteiger partial charge in [0, 0.05) is 28.7 Å². The van der Waals surface area contributed by atoms with E-state index in [4.69, 9.17) is 4.74 Å². The number of carbonyl (C=O) groups excluding carboxylic acids is 1. The second kappa shape index (κ2) is 8.99. The van der Waals surface area contributed by atoms with Crippen LogP contribution in [-0.4, -0.2) is 22.5 Å². The fraction of sp³-hybridized carbons (Fsp3) is 0.227. The van der Waals surface area contributed by atoms with Gasteiger partial charge in [0.25, 0.3) is 5.91 Å². The lowest BCUT2D eigenvalue weighted by molar-refractivity contribution is 0.102. The number of benzene rings is 2. The number of hydrogen-bond acceptors (Lipinski definition) is 5. The minimum absolute atomic E-state index is 0.164. The average Bonchev–Trinajstić information content (AvgIpc) is 2.68. The molecule has 0 aliphatic carbocycles. The normalized spacial score (nSPS) is 10.6. The highest BCUT2D eigenvalue weighted by atomic mass is 16.5. The number of anilines is 3. The maximum absolute atomic E-state index is 12.4. The Bertz CT molecular complexity index is 922. The Morgan fingerprint density at radius 1 is 1.00 bits per heavy atom. The van der Waals surface area contributed by atoms with Crippen LogP contribution in [0.2, 0.25) is 0 Å². The summed E-state index contributed by atoms with van der Waals surface area (Å²) in [5.74, 6) is 1.78. The lowest BCUT2D eigenvalue weighted by Gasteiger charge is -2.10. The van der Waals surface area contributed by atoms with E-state index in [-0.39, 0.29) is 5.91 Å². The van der Waals surface area contributed by atoms with E-state index < -0.39 is 0 Å². The van der Waals surface area contributed by atoms with Crippen LogP contribution in [0.3, 0.4) is 0 Å². The Kier molecular flexibility index (Phi) is 6.22. The first kappa shape index (κ1) is 19.4. The third kappa shape index (κ3) is 5.54. The quantitative estimate of drug-likeness (QED) is 0.618. The van der Waals surface area contributed by atoms with Crippen molar-refractivity contribution in [3.8, 4) is 5.75 Å². The van der Waals surface area contributed by atoms with Crippen LogP contribution < -0.4 is 15.4 Å². The molecule has 0 saturated heterocycles. The number of rotatable bonds is 7. The van der Waals surface area contributed by atoms with Crippen molar-refractivity contribution in [2.75, 3.05) is 17.2 Å². The van der Waals surface area contributed by atoms with E-state index in [1.807, 2.05) is 49.4 Å². The van der Waals surface area contributed by atoms with Crippen molar-refractivity contribution >= 4 is 23.1 Å². The van der Waals surface area contributed by atoms with E-state index in [2.05, 4.69) is 34.4 Å². The second-order valence-electron chi connectivity index (χ2n) is 6.93. The highest BCUT2D eigenvalue weighted by Gasteiger charge is 2.07. The van der Waals surface area contributed by atoms with Crippen molar-refractivity contribution in [3.05, 3.63) is 72.2 Å². The van der Waals surface area contributed by atoms with Crippen LogP contribution in [-0.2, 0) is 0 Å².